The third-order valence-electron chi connectivity index (χ3n) is 3.72. The predicted molar refractivity (Wildman–Crippen MR) is 88.9 cm³/mol. The second-order valence-electron chi connectivity index (χ2n) is 5.48. The molecule has 8 heteroatoms. The van der Waals surface area contributed by atoms with Crippen LogP contribution in [0, 0.1) is 6.92 Å². The lowest BCUT2D eigenvalue weighted by Crippen LogP contribution is -2.44. The number of anilines is 2. The van der Waals surface area contributed by atoms with Crippen LogP contribution in [-0.2, 0) is 9.59 Å². The molecule has 0 aliphatic carbocycles. The summed E-state index contributed by atoms with van der Waals surface area (Å²) in [6, 6.07) is 7.78. The number of carbonyl (C=O) groups is 3. The van der Waals surface area contributed by atoms with E-state index in [4.69, 9.17) is 9.84 Å². The van der Waals surface area contributed by atoms with Gasteiger partial charge in [0.15, 0.2) is 18.2 Å². The van der Waals surface area contributed by atoms with Gasteiger partial charge in [0.2, 0.25) is 5.91 Å². The van der Waals surface area contributed by atoms with Crippen molar-refractivity contribution in [3.05, 3.63) is 47.7 Å². The molecule has 128 valence electrons. The van der Waals surface area contributed by atoms with Gasteiger partial charge < -0.3 is 15.2 Å². The molecule has 2 N–H and O–H groups in total. The highest BCUT2D eigenvalue weighted by Gasteiger charge is 2.28. The lowest BCUT2D eigenvalue weighted by Gasteiger charge is -2.27. The summed E-state index contributed by atoms with van der Waals surface area (Å²) in [5.41, 5.74) is 1.16. The van der Waals surface area contributed by atoms with Gasteiger partial charge in [0.25, 0.3) is 5.91 Å². The summed E-state index contributed by atoms with van der Waals surface area (Å²) in [7, 11) is 0. The Hall–Kier alpha value is -3.42. The van der Waals surface area contributed by atoms with E-state index in [9.17, 15) is 14.4 Å². The van der Waals surface area contributed by atoms with Crippen LogP contribution in [0.4, 0.5) is 11.5 Å². The van der Waals surface area contributed by atoms with E-state index in [-0.39, 0.29) is 30.4 Å². The SMILES string of the molecule is Cc1ccc(C(=O)O)cc1NC(=O)CN1C(=O)COc2cccnc21. The predicted octanol–water partition coefficient (Wildman–Crippen LogP) is 1.45. The third kappa shape index (κ3) is 3.42. The first-order valence-corrected chi connectivity index (χ1v) is 7.47. The van der Waals surface area contributed by atoms with Gasteiger partial charge in [-0.3, -0.25) is 14.5 Å². The average Bonchev–Trinajstić information content (AvgIpc) is 2.59. The summed E-state index contributed by atoms with van der Waals surface area (Å²) >= 11 is 0. The third-order valence-corrected chi connectivity index (χ3v) is 3.72. The monoisotopic (exact) mass is 341 g/mol. The molecule has 0 saturated carbocycles. The van der Waals surface area contributed by atoms with Crippen LogP contribution in [0.25, 0.3) is 0 Å². The molecule has 0 bridgehead atoms. The van der Waals surface area contributed by atoms with Crippen molar-refractivity contribution in [3.8, 4) is 5.75 Å². The Labute approximate surface area is 143 Å². The fourth-order valence-corrected chi connectivity index (χ4v) is 2.42. The van der Waals surface area contributed by atoms with E-state index in [2.05, 4.69) is 10.3 Å². The Bertz CT molecular complexity index is 865. The molecule has 2 heterocycles. The molecule has 1 aromatic carbocycles. The maximum atomic E-state index is 12.3. The fraction of sp³-hybridized carbons (Fsp3) is 0.176. The van der Waals surface area contributed by atoms with E-state index in [1.165, 1.54) is 23.2 Å². The number of carbonyl (C=O) groups excluding carboxylic acids is 2. The Morgan fingerprint density at radius 3 is 2.92 bits per heavy atom. The minimum atomic E-state index is -1.09. The number of pyridine rings is 1. The Kier molecular flexibility index (Phi) is 4.34. The van der Waals surface area contributed by atoms with Gasteiger partial charge in [-0.2, -0.15) is 0 Å². The topological polar surface area (TPSA) is 109 Å². The van der Waals surface area contributed by atoms with Crippen molar-refractivity contribution in [1.82, 2.24) is 4.98 Å². The number of amides is 2. The average molecular weight is 341 g/mol. The number of nitrogens with one attached hydrogen (secondary N) is 1. The Morgan fingerprint density at radius 2 is 2.16 bits per heavy atom. The van der Waals surface area contributed by atoms with Crippen LogP contribution in [0.5, 0.6) is 5.75 Å². The first-order chi connectivity index (χ1) is 12.0. The van der Waals surface area contributed by atoms with Crippen LogP contribution >= 0.6 is 0 Å². The zero-order chi connectivity index (χ0) is 18.0. The first kappa shape index (κ1) is 16.4. The molecule has 1 aliphatic heterocycles. The van der Waals surface area contributed by atoms with Crippen molar-refractivity contribution in [3.63, 3.8) is 0 Å². The van der Waals surface area contributed by atoms with Crippen molar-refractivity contribution < 1.29 is 24.2 Å². The lowest BCUT2D eigenvalue weighted by atomic mass is 10.1. The van der Waals surface area contributed by atoms with Crippen LogP contribution < -0.4 is 15.0 Å². The molecule has 0 atom stereocenters. The number of carboxylic acid groups (broad SMARTS) is 1. The van der Waals surface area contributed by atoms with Crippen LogP contribution in [0.1, 0.15) is 15.9 Å². The van der Waals surface area contributed by atoms with Gasteiger partial charge in [0, 0.05) is 11.9 Å². The summed E-state index contributed by atoms with van der Waals surface area (Å²) in [5, 5.41) is 11.7. The molecule has 0 unspecified atom stereocenters. The number of hydrogen-bond donors (Lipinski definition) is 2. The minimum Gasteiger partial charge on any atom is -0.480 e. The number of ether oxygens (including phenoxy) is 1. The van der Waals surface area contributed by atoms with Crippen LogP contribution in [-0.4, -0.2) is 41.0 Å². The largest absolute Gasteiger partial charge is 0.480 e. The molecule has 8 nitrogen and oxygen atoms in total. The van der Waals surface area contributed by atoms with Crippen LogP contribution in [0.15, 0.2) is 36.5 Å². The zero-order valence-corrected chi connectivity index (χ0v) is 13.4. The summed E-state index contributed by atoms with van der Waals surface area (Å²) in [4.78, 5) is 40.8. The number of aromatic nitrogens is 1. The van der Waals surface area contributed by atoms with E-state index in [1.54, 1.807) is 25.1 Å². The van der Waals surface area contributed by atoms with E-state index >= 15 is 0 Å². The van der Waals surface area contributed by atoms with Gasteiger partial charge in [0.1, 0.15) is 6.54 Å². The number of hydrogen-bond acceptors (Lipinski definition) is 5. The van der Waals surface area contributed by atoms with E-state index in [0.29, 0.717) is 17.0 Å². The normalized spacial score (nSPS) is 13.0. The van der Waals surface area contributed by atoms with Gasteiger partial charge in [-0.05, 0) is 36.8 Å². The van der Waals surface area contributed by atoms with Gasteiger partial charge >= 0.3 is 5.97 Å². The highest BCUT2D eigenvalue weighted by atomic mass is 16.5. The standard InChI is InChI=1S/C17H15N3O5/c1-10-4-5-11(17(23)24)7-12(10)19-14(21)8-20-15(22)9-25-13-3-2-6-18-16(13)20/h2-7H,8-9H2,1H3,(H,19,21)(H,23,24). The fourth-order valence-electron chi connectivity index (χ4n) is 2.42. The smallest absolute Gasteiger partial charge is 0.335 e. The van der Waals surface area contributed by atoms with E-state index < -0.39 is 11.9 Å². The van der Waals surface area contributed by atoms with Gasteiger partial charge in [-0.1, -0.05) is 6.07 Å². The quantitative estimate of drug-likeness (QED) is 0.871. The maximum absolute atomic E-state index is 12.3. The molecule has 1 aromatic heterocycles. The van der Waals surface area contributed by atoms with Crippen molar-refractivity contribution >= 4 is 29.3 Å². The highest BCUT2D eigenvalue weighted by Crippen LogP contribution is 2.28. The molecular weight excluding hydrogens is 326 g/mol. The van der Waals surface area contributed by atoms with Crippen molar-refractivity contribution in [2.24, 2.45) is 0 Å². The minimum absolute atomic E-state index is 0.0651. The number of benzene rings is 1. The second-order valence-corrected chi connectivity index (χ2v) is 5.48. The van der Waals surface area contributed by atoms with Crippen molar-refractivity contribution in [1.29, 1.82) is 0 Å². The zero-order valence-electron chi connectivity index (χ0n) is 13.4. The molecule has 2 amide bonds. The van der Waals surface area contributed by atoms with Gasteiger partial charge in [0.05, 0.1) is 5.56 Å². The number of fused-ring (bicyclic) bond motifs is 1. The number of rotatable bonds is 4. The number of aromatic carboxylic acids is 1. The van der Waals surface area contributed by atoms with E-state index in [1.807, 2.05) is 0 Å². The van der Waals surface area contributed by atoms with Crippen molar-refractivity contribution in [2.45, 2.75) is 6.92 Å². The lowest BCUT2D eigenvalue weighted by molar-refractivity contribution is -0.123. The molecule has 3 rings (SSSR count). The van der Waals surface area contributed by atoms with Gasteiger partial charge in [-0.15, -0.1) is 0 Å². The molecule has 0 fully saturated rings. The molecule has 0 radical (unpaired) electrons. The molecule has 0 spiro atoms. The van der Waals surface area contributed by atoms with Gasteiger partial charge in [-0.25, -0.2) is 9.78 Å². The van der Waals surface area contributed by atoms with Crippen molar-refractivity contribution in [2.75, 3.05) is 23.4 Å². The number of aryl methyl sites for hydroxylation is 1. The van der Waals surface area contributed by atoms with Crippen LogP contribution in [0.2, 0.25) is 0 Å². The number of carboxylic acids is 1. The molecule has 25 heavy (non-hydrogen) atoms. The summed E-state index contributed by atoms with van der Waals surface area (Å²) in [6.07, 6.45) is 1.51. The first-order valence-electron chi connectivity index (χ1n) is 7.47. The van der Waals surface area contributed by atoms with E-state index in [0.717, 1.165) is 0 Å². The summed E-state index contributed by atoms with van der Waals surface area (Å²) < 4.78 is 5.28. The molecule has 0 saturated heterocycles. The number of nitrogens with zero attached hydrogens (tertiary/aromatic N) is 2. The summed E-state index contributed by atoms with van der Waals surface area (Å²) in [6.45, 7) is 1.33. The molecular formula is C17H15N3O5. The molecule has 2 aromatic rings. The molecule has 1 aliphatic rings. The Balaban J connectivity index is 1.78. The maximum Gasteiger partial charge on any atom is 0.335 e. The Morgan fingerprint density at radius 1 is 1.36 bits per heavy atom. The highest BCUT2D eigenvalue weighted by molar-refractivity contribution is 6.04. The van der Waals surface area contributed by atoms with Crippen LogP contribution in [0.3, 0.4) is 0 Å². The second kappa shape index (κ2) is 6.60. The summed E-state index contributed by atoms with van der Waals surface area (Å²) in [5.74, 6) is -1.21.